The van der Waals surface area contributed by atoms with Gasteiger partial charge in [0, 0.05) is 25.6 Å². The topological polar surface area (TPSA) is 95.9 Å². The second kappa shape index (κ2) is 9.26. The van der Waals surface area contributed by atoms with E-state index in [4.69, 9.17) is 9.84 Å². The SMILES string of the molecule is C[C@@H](C(=O)O)N(C)C(=O)/C=C/CNC(=O)OCC1c2ccccc2-c2ccccc21. The smallest absolute Gasteiger partial charge is 0.407 e. The summed E-state index contributed by atoms with van der Waals surface area (Å²) in [5.74, 6) is -1.57. The molecule has 0 saturated carbocycles. The van der Waals surface area contributed by atoms with Crippen molar-refractivity contribution in [3.63, 3.8) is 0 Å². The molecule has 0 radical (unpaired) electrons. The Kier molecular flexibility index (Phi) is 6.51. The Balaban J connectivity index is 1.51. The molecule has 0 fully saturated rings. The average Bonchev–Trinajstić information content (AvgIpc) is 3.07. The van der Waals surface area contributed by atoms with Crippen LogP contribution in [0.3, 0.4) is 0 Å². The van der Waals surface area contributed by atoms with Gasteiger partial charge in [0.05, 0.1) is 0 Å². The average molecular weight is 408 g/mol. The Morgan fingerprint density at radius 2 is 1.67 bits per heavy atom. The van der Waals surface area contributed by atoms with Crippen LogP contribution in [0.4, 0.5) is 4.79 Å². The summed E-state index contributed by atoms with van der Waals surface area (Å²) in [7, 11) is 1.41. The lowest BCUT2D eigenvalue weighted by atomic mass is 9.98. The molecule has 3 rings (SSSR count). The number of likely N-dealkylation sites (N-methyl/N-ethyl adjacent to an activating group) is 1. The van der Waals surface area contributed by atoms with Gasteiger partial charge in [-0.1, -0.05) is 54.6 Å². The van der Waals surface area contributed by atoms with Gasteiger partial charge in [0.25, 0.3) is 0 Å². The molecule has 7 heteroatoms. The first-order chi connectivity index (χ1) is 14.4. The van der Waals surface area contributed by atoms with E-state index in [1.807, 2.05) is 36.4 Å². The molecular weight excluding hydrogens is 384 g/mol. The highest BCUT2D eigenvalue weighted by Gasteiger charge is 2.28. The molecule has 0 aliphatic heterocycles. The summed E-state index contributed by atoms with van der Waals surface area (Å²) in [5, 5.41) is 11.5. The number of benzene rings is 2. The molecule has 1 atom stereocenters. The van der Waals surface area contributed by atoms with Gasteiger partial charge in [-0.05, 0) is 29.2 Å². The van der Waals surface area contributed by atoms with E-state index < -0.39 is 24.0 Å². The molecule has 7 nitrogen and oxygen atoms in total. The van der Waals surface area contributed by atoms with Crippen LogP contribution in [0, 0.1) is 0 Å². The number of carboxylic acids is 1. The van der Waals surface area contributed by atoms with Crippen LogP contribution in [0.2, 0.25) is 0 Å². The first kappa shape index (κ1) is 21.1. The molecule has 2 aromatic carbocycles. The lowest BCUT2D eigenvalue weighted by molar-refractivity contribution is -0.146. The second-order valence-corrected chi connectivity index (χ2v) is 7.07. The molecule has 2 aromatic rings. The molecular formula is C23H24N2O5. The first-order valence-corrected chi connectivity index (χ1v) is 9.65. The molecule has 2 amide bonds. The third kappa shape index (κ3) is 4.51. The molecule has 2 N–H and O–H groups in total. The van der Waals surface area contributed by atoms with Gasteiger partial charge in [-0.3, -0.25) is 4.79 Å². The lowest BCUT2D eigenvalue weighted by Crippen LogP contribution is -2.39. The molecule has 0 unspecified atom stereocenters. The van der Waals surface area contributed by atoms with Crippen molar-refractivity contribution in [3.8, 4) is 11.1 Å². The normalized spacial score (nSPS) is 13.4. The molecule has 0 bridgehead atoms. The summed E-state index contributed by atoms with van der Waals surface area (Å²) < 4.78 is 5.41. The molecule has 0 aromatic heterocycles. The van der Waals surface area contributed by atoms with Crippen molar-refractivity contribution in [2.75, 3.05) is 20.2 Å². The number of ether oxygens (including phenoxy) is 1. The van der Waals surface area contributed by atoms with Crippen molar-refractivity contribution < 1.29 is 24.2 Å². The number of carbonyl (C=O) groups is 3. The summed E-state index contributed by atoms with van der Waals surface area (Å²) in [5.41, 5.74) is 4.58. The van der Waals surface area contributed by atoms with Crippen molar-refractivity contribution in [2.24, 2.45) is 0 Å². The van der Waals surface area contributed by atoms with E-state index in [-0.39, 0.29) is 19.1 Å². The van der Waals surface area contributed by atoms with Crippen LogP contribution in [0.1, 0.15) is 24.0 Å². The Morgan fingerprint density at radius 3 is 2.23 bits per heavy atom. The molecule has 1 aliphatic carbocycles. The summed E-state index contributed by atoms with van der Waals surface area (Å²) in [6.07, 6.45) is 2.10. The molecule has 156 valence electrons. The van der Waals surface area contributed by atoms with Crippen molar-refractivity contribution in [1.82, 2.24) is 10.2 Å². The highest BCUT2D eigenvalue weighted by Crippen LogP contribution is 2.44. The maximum Gasteiger partial charge on any atom is 0.407 e. The Labute approximate surface area is 175 Å². The van der Waals surface area contributed by atoms with Crippen LogP contribution in [0.5, 0.6) is 0 Å². The minimum Gasteiger partial charge on any atom is -0.480 e. The Bertz CT molecular complexity index is 940. The van der Waals surface area contributed by atoms with Crippen LogP contribution in [-0.2, 0) is 14.3 Å². The molecule has 30 heavy (non-hydrogen) atoms. The lowest BCUT2D eigenvalue weighted by Gasteiger charge is -2.19. The van der Waals surface area contributed by atoms with Crippen molar-refractivity contribution in [1.29, 1.82) is 0 Å². The fourth-order valence-corrected chi connectivity index (χ4v) is 3.43. The molecule has 0 heterocycles. The van der Waals surface area contributed by atoms with Crippen molar-refractivity contribution in [3.05, 3.63) is 71.8 Å². The number of fused-ring (bicyclic) bond motifs is 3. The van der Waals surface area contributed by atoms with Gasteiger partial charge in [0.15, 0.2) is 0 Å². The van der Waals surface area contributed by atoms with E-state index in [9.17, 15) is 14.4 Å². The van der Waals surface area contributed by atoms with Gasteiger partial charge in [0.2, 0.25) is 5.91 Å². The number of amides is 2. The predicted octanol–water partition coefficient (Wildman–Crippen LogP) is 3.01. The van der Waals surface area contributed by atoms with Crippen LogP contribution >= 0.6 is 0 Å². The zero-order valence-electron chi connectivity index (χ0n) is 16.9. The Hall–Kier alpha value is -3.61. The first-order valence-electron chi connectivity index (χ1n) is 9.65. The quantitative estimate of drug-likeness (QED) is 0.687. The van der Waals surface area contributed by atoms with Gasteiger partial charge in [-0.2, -0.15) is 0 Å². The highest BCUT2D eigenvalue weighted by molar-refractivity contribution is 5.90. The van der Waals surface area contributed by atoms with Crippen LogP contribution in [0.25, 0.3) is 11.1 Å². The summed E-state index contributed by atoms with van der Waals surface area (Å²) >= 11 is 0. The molecule has 0 spiro atoms. The van der Waals surface area contributed by atoms with E-state index >= 15 is 0 Å². The molecule has 1 aliphatic rings. The third-order valence-corrected chi connectivity index (χ3v) is 5.25. The van der Waals surface area contributed by atoms with E-state index in [2.05, 4.69) is 17.4 Å². The number of carboxylic acid groups (broad SMARTS) is 1. The van der Waals surface area contributed by atoms with Gasteiger partial charge >= 0.3 is 12.1 Å². The standard InChI is InChI=1S/C23H24N2O5/c1-15(22(27)28)25(2)21(26)12-7-13-24-23(29)30-14-20-18-10-5-3-8-16(18)17-9-4-6-11-19(17)20/h3-12,15,20H,13-14H2,1-2H3,(H,24,29)(H,27,28)/b12-7+/t15-/m0/s1. The van der Waals surface area contributed by atoms with Crippen LogP contribution < -0.4 is 5.32 Å². The van der Waals surface area contributed by atoms with E-state index in [0.29, 0.717) is 0 Å². The predicted molar refractivity (Wildman–Crippen MR) is 112 cm³/mol. The number of nitrogens with zero attached hydrogens (tertiary/aromatic N) is 1. The number of alkyl carbamates (subject to hydrolysis) is 1. The van der Waals surface area contributed by atoms with Gasteiger partial charge in [0.1, 0.15) is 12.6 Å². The minimum absolute atomic E-state index is 0.0218. The van der Waals surface area contributed by atoms with Crippen molar-refractivity contribution in [2.45, 2.75) is 18.9 Å². The fraction of sp³-hybridized carbons (Fsp3) is 0.261. The number of rotatable bonds is 7. The third-order valence-electron chi connectivity index (χ3n) is 5.25. The fourth-order valence-electron chi connectivity index (χ4n) is 3.43. The number of carbonyl (C=O) groups excluding carboxylic acids is 2. The van der Waals surface area contributed by atoms with E-state index in [1.54, 1.807) is 0 Å². The minimum atomic E-state index is -1.09. The zero-order chi connectivity index (χ0) is 21.7. The highest BCUT2D eigenvalue weighted by atomic mass is 16.5. The van der Waals surface area contributed by atoms with Crippen LogP contribution in [0.15, 0.2) is 60.7 Å². The maximum atomic E-state index is 12.1. The monoisotopic (exact) mass is 408 g/mol. The number of aliphatic carboxylic acids is 1. The number of hydrogen-bond donors (Lipinski definition) is 2. The van der Waals surface area contributed by atoms with Gasteiger partial charge < -0.3 is 20.1 Å². The summed E-state index contributed by atoms with van der Waals surface area (Å²) in [4.78, 5) is 36.0. The Morgan fingerprint density at radius 1 is 1.10 bits per heavy atom. The summed E-state index contributed by atoms with van der Waals surface area (Å²) in [6, 6.07) is 15.2. The van der Waals surface area contributed by atoms with Crippen molar-refractivity contribution >= 4 is 18.0 Å². The maximum absolute atomic E-state index is 12.1. The second-order valence-electron chi connectivity index (χ2n) is 7.07. The van der Waals surface area contributed by atoms with Gasteiger partial charge in [-0.15, -0.1) is 0 Å². The van der Waals surface area contributed by atoms with E-state index in [0.717, 1.165) is 27.2 Å². The number of nitrogens with one attached hydrogen (secondary N) is 1. The zero-order valence-corrected chi connectivity index (χ0v) is 16.9. The molecule has 0 saturated heterocycles. The summed E-state index contributed by atoms with van der Waals surface area (Å²) in [6.45, 7) is 1.72. The van der Waals surface area contributed by atoms with Crippen LogP contribution in [-0.4, -0.2) is 54.2 Å². The van der Waals surface area contributed by atoms with E-state index in [1.165, 1.54) is 26.1 Å². The largest absolute Gasteiger partial charge is 0.480 e. The number of hydrogen-bond acceptors (Lipinski definition) is 4. The van der Waals surface area contributed by atoms with Gasteiger partial charge in [-0.25, -0.2) is 9.59 Å².